The maximum absolute atomic E-state index is 13.4. The molecule has 1 heterocycles. The number of hydrogen-bond acceptors (Lipinski definition) is 2. The van der Waals surface area contributed by atoms with Gasteiger partial charge >= 0.3 is 0 Å². The van der Waals surface area contributed by atoms with Gasteiger partial charge in [0.15, 0.2) is 11.6 Å². The molecule has 0 aliphatic carbocycles. The van der Waals surface area contributed by atoms with Gasteiger partial charge in [0, 0.05) is 24.7 Å². The van der Waals surface area contributed by atoms with Crippen molar-refractivity contribution < 1.29 is 8.78 Å². The van der Waals surface area contributed by atoms with E-state index in [1.54, 1.807) is 12.1 Å². The van der Waals surface area contributed by atoms with Crippen LogP contribution < -0.4 is 5.32 Å². The van der Waals surface area contributed by atoms with Gasteiger partial charge in [0.1, 0.15) is 0 Å². The highest BCUT2D eigenvalue weighted by atomic mass is 19.2. The second-order valence-electron chi connectivity index (χ2n) is 4.97. The molecule has 1 aliphatic heterocycles. The van der Waals surface area contributed by atoms with E-state index < -0.39 is 11.6 Å². The lowest BCUT2D eigenvalue weighted by atomic mass is 10.0. The van der Waals surface area contributed by atoms with Crippen LogP contribution in [0.3, 0.4) is 0 Å². The summed E-state index contributed by atoms with van der Waals surface area (Å²) in [5.74, 6) is -1.51. The van der Waals surface area contributed by atoms with E-state index in [0.717, 1.165) is 19.2 Å². The Labute approximate surface area is 107 Å². The molecular formula is C14H20F2N2. The van der Waals surface area contributed by atoms with Crippen LogP contribution in [0, 0.1) is 11.6 Å². The Hall–Kier alpha value is -1.00. The van der Waals surface area contributed by atoms with Crippen LogP contribution in [0.4, 0.5) is 8.78 Å². The Morgan fingerprint density at radius 3 is 2.94 bits per heavy atom. The minimum absolute atomic E-state index is 0.383. The van der Waals surface area contributed by atoms with Crippen molar-refractivity contribution >= 4 is 0 Å². The number of nitrogens with zero attached hydrogens (tertiary/aromatic N) is 1. The molecule has 2 nitrogen and oxygen atoms in total. The Bertz CT molecular complexity index is 395. The zero-order valence-electron chi connectivity index (χ0n) is 10.8. The second-order valence-corrected chi connectivity index (χ2v) is 4.97. The Kier molecular flexibility index (Phi) is 4.66. The Morgan fingerprint density at radius 2 is 2.17 bits per heavy atom. The van der Waals surface area contributed by atoms with E-state index in [1.165, 1.54) is 19.3 Å². The topological polar surface area (TPSA) is 15.3 Å². The molecule has 0 bridgehead atoms. The molecule has 2 rings (SSSR count). The molecule has 4 heteroatoms. The lowest BCUT2D eigenvalue weighted by molar-refractivity contribution is 0.181. The van der Waals surface area contributed by atoms with Crippen LogP contribution in [-0.2, 0) is 6.54 Å². The first-order valence-corrected chi connectivity index (χ1v) is 6.52. The van der Waals surface area contributed by atoms with Crippen molar-refractivity contribution in [3.63, 3.8) is 0 Å². The first-order chi connectivity index (χ1) is 8.68. The molecule has 0 saturated carbocycles. The number of halogens is 2. The molecule has 1 atom stereocenters. The average molecular weight is 254 g/mol. The normalized spacial score (nSPS) is 21.2. The van der Waals surface area contributed by atoms with Gasteiger partial charge in [-0.2, -0.15) is 0 Å². The Morgan fingerprint density at radius 1 is 1.33 bits per heavy atom. The number of likely N-dealkylation sites (tertiary alicyclic amines) is 1. The third-order valence-electron chi connectivity index (χ3n) is 3.65. The summed E-state index contributed by atoms with van der Waals surface area (Å²) in [6.45, 7) is 2.33. The fraction of sp³-hybridized carbons (Fsp3) is 0.571. The summed E-state index contributed by atoms with van der Waals surface area (Å²) in [6, 6.07) is 4.82. The summed E-state index contributed by atoms with van der Waals surface area (Å²) >= 11 is 0. The monoisotopic (exact) mass is 254 g/mol. The maximum Gasteiger partial charge on any atom is 0.163 e. The summed E-state index contributed by atoms with van der Waals surface area (Å²) in [4.78, 5) is 2.33. The zero-order valence-corrected chi connectivity index (χ0v) is 10.8. The van der Waals surface area contributed by atoms with Crippen LogP contribution in [0.2, 0.25) is 0 Å². The quantitative estimate of drug-likeness (QED) is 0.888. The van der Waals surface area contributed by atoms with Crippen LogP contribution in [0.5, 0.6) is 0 Å². The van der Waals surface area contributed by atoms with E-state index in [1.807, 2.05) is 0 Å². The molecule has 0 aromatic heterocycles. The lowest BCUT2D eigenvalue weighted by Crippen LogP contribution is -2.42. The fourth-order valence-corrected chi connectivity index (χ4v) is 2.46. The molecule has 0 radical (unpaired) electrons. The smallest absolute Gasteiger partial charge is 0.163 e. The predicted octanol–water partition coefficient (Wildman–Crippen LogP) is 2.54. The average Bonchev–Trinajstić information content (AvgIpc) is 2.37. The molecule has 1 aromatic rings. The third kappa shape index (κ3) is 3.27. The van der Waals surface area contributed by atoms with Crippen LogP contribution in [0.1, 0.15) is 24.8 Å². The number of rotatable bonds is 4. The van der Waals surface area contributed by atoms with Crippen molar-refractivity contribution in [1.29, 1.82) is 0 Å². The maximum atomic E-state index is 13.4. The summed E-state index contributed by atoms with van der Waals surface area (Å²) < 4.78 is 26.4. The Balaban J connectivity index is 1.83. The number of piperidine rings is 1. The molecular weight excluding hydrogens is 234 g/mol. The van der Waals surface area contributed by atoms with E-state index in [9.17, 15) is 8.78 Å². The van der Waals surface area contributed by atoms with Crippen LogP contribution >= 0.6 is 0 Å². The van der Waals surface area contributed by atoms with E-state index >= 15 is 0 Å². The van der Waals surface area contributed by atoms with Gasteiger partial charge in [-0.3, -0.25) is 0 Å². The molecule has 1 aromatic carbocycles. The highest BCUT2D eigenvalue weighted by Crippen LogP contribution is 2.15. The van der Waals surface area contributed by atoms with Gasteiger partial charge in [0.25, 0.3) is 0 Å². The van der Waals surface area contributed by atoms with Gasteiger partial charge in [-0.05, 0) is 32.5 Å². The molecule has 1 fully saturated rings. The predicted molar refractivity (Wildman–Crippen MR) is 68.3 cm³/mol. The van der Waals surface area contributed by atoms with E-state index in [-0.39, 0.29) is 0 Å². The number of benzene rings is 1. The minimum atomic E-state index is -0.774. The van der Waals surface area contributed by atoms with Crippen molar-refractivity contribution in [3.8, 4) is 0 Å². The van der Waals surface area contributed by atoms with Crippen LogP contribution in [-0.4, -0.2) is 31.1 Å². The van der Waals surface area contributed by atoms with Crippen molar-refractivity contribution in [1.82, 2.24) is 10.2 Å². The number of nitrogens with one attached hydrogen (secondary N) is 1. The van der Waals surface area contributed by atoms with Gasteiger partial charge < -0.3 is 10.2 Å². The molecule has 1 aliphatic rings. The minimum Gasteiger partial charge on any atom is -0.311 e. The third-order valence-corrected chi connectivity index (χ3v) is 3.65. The van der Waals surface area contributed by atoms with E-state index in [2.05, 4.69) is 17.3 Å². The molecule has 1 unspecified atom stereocenters. The summed E-state index contributed by atoms with van der Waals surface area (Å²) in [5.41, 5.74) is 0.397. The van der Waals surface area contributed by atoms with Gasteiger partial charge in [0.05, 0.1) is 0 Å². The lowest BCUT2D eigenvalue weighted by Gasteiger charge is -2.32. The molecule has 100 valence electrons. The van der Waals surface area contributed by atoms with Crippen molar-refractivity contribution in [3.05, 3.63) is 35.4 Å². The van der Waals surface area contributed by atoms with Gasteiger partial charge in [-0.1, -0.05) is 18.6 Å². The number of likely N-dealkylation sites (N-methyl/N-ethyl adjacent to an activating group) is 1. The molecule has 1 saturated heterocycles. The standard InChI is InChI=1S/C14H20F2N2/c1-18-8-3-2-6-12(18)10-17-9-11-5-4-7-13(15)14(11)16/h4-5,7,12,17H,2-3,6,8-10H2,1H3. The highest BCUT2D eigenvalue weighted by molar-refractivity contribution is 5.18. The summed E-state index contributed by atoms with van der Waals surface area (Å²) in [6.07, 6.45) is 3.69. The van der Waals surface area contributed by atoms with Gasteiger partial charge in [0.2, 0.25) is 0 Å². The van der Waals surface area contributed by atoms with Crippen LogP contribution in [0.25, 0.3) is 0 Å². The van der Waals surface area contributed by atoms with Crippen molar-refractivity contribution in [2.75, 3.05) is 20.1 Å². The molecule has 0 amide bonds. The summed E-state index contributed by atoms with van der Waals surface area (Å²) in [5, 5.41) is 3.22. The molecule has 0 spiro atoms. The second kappa shape index (κ2) is 6.25. The largest absolute Gasteiger partial charge is 0.311 e. The molecule has 18 heavy (non-hydrogen) atoms. The fourth-order valence-electron chi connectivity index (χ4n) is 2.46. The van der Waals surface area contributed by atoms with Crippen LogP contribution in [0.15, 0.2) is 18.2 Å². The summed E-state index contributed by atoms with van der Waals surface area (Å²) in [7, 11) is 2.12. The van der Waals surface area contributed by atoms with Crippen molar-refractivity contribution in [2.45, 2.75) is 31.8 Å². The van der Waals surface area contributed by atoms with Gasteiger partial charge in [-0.25, -0.2) is 8.78 Å². The van der Waals surface area contributed by atoms with E-state index in [0.29, 0.717) is 18.2 Å². The van der Waals surface area contributed by atoms with Gasteiger partial charge in [-0.15, -0.1) is 0 Å². The first kappa shape index (κ1) is 13.4. The highest BCUT2D eigenvalue weighted by Gasteiger charge is 2.18. The van der Waals surface area contributed by atoms with E-state index in [4.69, 9.17) is 0 Å². The first-order valence-electron chi connectivity index (χ1n) is 6.52. The molecule has 1 N–H and O–H groups in total. The zero-order chi connectivity index (χ0) is 13.0. The number of hydrogen-bond donors (Lipinski definition) is 1. The SMILES string of the molecule is CN1CCCCC1CNCc1cccc(F)c1F. The van der Waals surface area contributed by atoms with Crippen molar-refractivity contribution in [2.24, 2.45) is 0 Å².